The quantitative estimate of drug-likeness (QED) is 0.0316. The highest BCUT2D eigenvalue weighted by Gasteiger charge is 2.61. The predicted molar refractivity (Wildman–Crippen MR) is 217 cm³/mol. The third kappa shape index (κ3) is 15.0. The van der Waals surface area contributed by atoms with Crippen molar-refractivity contribution >= 4 is 23.8 Å². The van der Waals surface area contributed by atoms with Gasteiger partial charge >= 0.3 is 24.0 Å². The SMILES string of the molecule is COC(=O)CCCCCCCCO[C@@H]1OC(CO)[C@H](OC2OC[C@@H](O)C(O)C2O)C(OC2OC(CO)[C@@H](O)C(O[C@]3(C(=O)O)CC(O)[C@@H](NC(C)=O)C(C(O)C(O)CO)O3)C2O)C1NC(=O)C(F)(F)F. The normalized spacial score (nSPS) is 38.0. The van der Waals surface area contributed by atoms with E-state index in [-0.39, 0.29) is 25.4 Å². The van der Waals surface area contributed by atoms with E-state index in [9.17, 15) is 93.6 Å². The van der Waals surface area contributed by atoms with Gasteiger partial charge in [-0.2, -0.15) is 13.2 Å². The maximum absolute atomic E-state index is 14.0. The molecule has 14 N–H and O–H groups in total. The average Bonchev–Trinajstić information content (AvgIpc) is 3.31. The van der Waals surface area contributed by atoms with E-state index >= 15 is 0 Å². The van der Waals surface area contributed by atoms with Gasteiger partial charge in [-0.3, -0.25) is 14.4 Å². The number of carbonyl (C=O) groups excluding carboxylic acids is 3. The Morgan fingerprint density at radius 1 is 0.743 bits per heavy atom. The number of carboxylic acid groups (broad SMARTS) is 1. The number of rotatable bonds is 24. The number of aliphatic hydroxyl groups is 11. The summed E-state index contributed by atoms with van der Waals surface area (Å²) >= 11 is 0. The molecular weight excluding hydrogens is 965 g/mol. The summed E-state index contributed by atoms with van der Waals surface area (Å²) in [6.07, 6.45) is -39.3. The van der Waals surface area contributed by atoms with Gasteiger partial charge in [-0.15, -0.1) is 0 Å². The van der Waals surface area contributed by atoms with Crippen molar-refractivity contribution in [2.24, 2.45) is 0 Å². The summed E-state index contributed by atoms with van der Waals surface area (Å²) in [6, 6.07) is -3.92. The van der Waals surface area contributed by atoms with E-state index in [4.69, 9.17) is 37.9 Å². The number of halogens is 3. The first-order chi connectivity index (χ1) is 32.9. The first-order valence-corrected chi connectivity index (χ1v) is 22.4. The molecule has 14 unspecified atom stereocenters. The van der Waals surface area contributed by atoms with Crippen LogP contribution in [0.4, 0.5) is 13.2 Å². The molecule has 4 saturated heterocycles. The number of amides is 2. The number of unbranched alkanes of at least 4 members (excludes halogenated alkanes) is 5. The maximum atomic E-state index is 14.0. The Labute approximate surface area is 397 Å². The molecule has 0 saturated carbocycles. The van der Waals surface area contributed by atoms with Crippen LogP contribution in [0.1, 0.15) is 58.3 Å². The van der Waals surface area contributed by atoms with Crippen LogP contribution in [0.2, 0.25) is 0 Å². The van der Waals surface area contributed by atoms with Gasteiger partial charge in [0.15, 0.2) is 18.9 Å². The third-order valence-corrected chi connectivity index (χ3v) is 12.0. The van der Waals surface area contributed by atoms with Crippen LogP contribution in [-0.2, 0) is 61.8 Å². The van der Waals surface area contributed by atoms with Crippen molar-refractivity contribution in [2.75, 3.05) is 40.1 Å². The van der Waals surface area contributed by atoms with Gasteiger partial charge in [-0.1, -0.05) is 25.7 Å². The van der Waals surface area contributed by atoms with E-state index in [1.807, 2.05) is 0 Å². The number of nitrogens with one attached hydrogen (secondary N) is 2. The molecule has 0 bridgehead atoms. The molecule has 27 nitrogen and oxygen atoms in total. The van der Waals surface area contributed by atoms with Gasteiger partial charge in [0, 0.05) is 26.4 Å². The van der Waals surface area contributed by atoms with E-state index in [2.05, 4.69) is 10.1 Å². The number of carboxylic acids is 1. The van der Waals surface area contributed by atoms with Gasteiger partial charge in [0.25, 0.3) is 5.79 Å². The van der Waals surface area contributed by atoms with Crippen molar-refractivity contribution in [3.63, 3.8) is 0 Å². The highest BCUT2D eigenvalue weighted by atomic mass is 19.4. The number of ether oxygens (including phenoxy) is 9. The molecule has 0 spiro atoms. The van der Waals surface area contributed by atoms with E-state index in [0.29, 0.717) is 32.1 Å². The number of alkyl halides is 3. The molecule has 4 aliphatic heterocycles. The number of aliphatic carboxylic acids is 1. The van der Waals surface area contributed by atoms with Crippen LogP contribution in [0.25, 0.3) is 0 Å². The smallest absolute Gasteiger partial charge is 0.471 e. The molecule has 4 fully saturated rings. The van der Waals surface area contributed by atoms with Crippen LogP contribution >= 0.6 is 0 Å². The maximum Gasteiger partial charge on any atom is 0.471 e. The molecule has 4 heterocycles. The summed E-state index contributed by atoms with van der Waals surface area (Å²) < 4.78 is 92.4. The topological polar surface area (TPSA) is 418 Å². The molecule has 4 rings (SSSR count). The second-order valence-corrected chi connectivity index (χ2v) is 17.2. The molecule has 0 aromatic rings. The van der Waals surface area contributed by atoms with Gasteiger partial charge in [-0.25, -0.2) is 4.79 Å². The van der Waals surface area contributed by atoms with Gasteiger partial charge in [0.1, 0.15) is 85.4 Å². The summed E-state index contributed by atoms with van der Waals surface area (Å²) in [5.41, 5.74) is 0. The minimum absolute atomic E-state index is 0.211. The lowest BCUT2D eigenvalue weighted by atomic mass is 9.88. The van der Waals surface area contributed by atoms with Gasteiger partial charge in [-0.05, 0) is 12.8 Å². The molecule has 0 aliphatic carbocycles. The lowest BCUT2D eigenvalue weighted by molar-refractivity contribution is -0.388. The first-order valence-electron chi connectivity index (χ1n) is 22.4. The van der Waals surface area contributed by atoms with E-state index < -0.39 is 179 Å². The number of aliphatic hydroxyl groups excluding tert-OH is 11. The Hall–Kier alpha value is -3.09. The second kappa shape index (κ2) is 26.7. The van der Waals surface area contributed by atoms with Crippen LogP contribution in [0.5, 0.6) is 0 Å². The number of hydrogen-bond donors (Lipinski definition) is 14. The first kappa shape index (κ1) is 59.5. The monoisotopic (exact) mass is 1030 g/mol. The largest absolute Gasteiger partial charge is 0.477 e. The Morgan fingerprint density at radius 3 is 1.94 bits per heavy atom. The number of hydrogen-bond acceptors (Lipinski definition) is 24. The van der Waals surface area contributed by atoms with Crippen LogP contribution in [0, 0.1) is 0 Å². The minimum Gasteiger partial charge on any atom is -0.477 e. The molecule has 0 aromatic heterocycles. The Morgan fingerprint density at radius 2 is 1.36 bits per heavy atom. The Balaban J connectivity index is 1.73. The average molecular weight is 1030 g/mol. The Bertz CT molecular complexity index is 1680. The third-order valence-electron chi connectivity index (χ3n) is 12.0. The second-order valence-electron chi connectivity index (χ2n) is 17.2. The molecule has 30 heteroatoms. The highest BCUT2D eigenvalue weighted by Crippen LogP contribution is 2.39. The highest BCUT2D eigenvalue weighted by molar-refractivity contribution is 5.82. The zero-order valence-corrected chi connectivity index (χ0v) is 38.0. The lowest BCUT2D eigenvalue weighted by Crippen LogP contribution is -2.72. The van der Waals surface area contributed by atoms with Gasteiger partial charge < -0.3 is 115 Å². The molecule has 2 amide bonds. The Kier molecular flexibility index (Phi) is 22.7. The fourth-order valence-corrected chi connectivity index (χ4v) is 8.27. The van der Waals surface area contributed by atoms with Crippen molar-refractivity contribution in [3.05, 3.63) is 0 Å². The molecule has 70 heavy (non-hydrogen) atoms. The van der Waals surface area contributed by atoms with Crippen molar-refractivity contribution in [1.29, 1.82) is 0 Å². The molecular formula is C40H65F3N2O25. The van der Waals surface area contributed by atoms with Crippen LogP contribution in [0.15, 0.2) is 0 Å². The van der Waals surface area contributed by atoms with Crippen molar-refractivity contribution in [1.82, 2.24) is 10.6 Å². The minimum atomic E-state index is -5.62. The van der Waals surface area contributed by atoms with Crippen LogP contribution < -0.4 is 10.6 Å². The molecule has 4 aliphatic rings. The number of carbonyl (C=O) groups is 4. The number of esters is 1. The van der Waals surface area contributed by atoms with Gasteiger partial charge in [0.2, 0.25) is 5.91 Å². The van der Waals surface area contributed by atoms with Crippen molar-refractivity contribution in [2.45, 2.75) is 187 Å². The summed E-state index contributed by atoms with van der Waals surface area (Å²) in [5.74, 6) is -9.23. The predicted octanol–water partition coefficient (Wildman–Crippen LogP) is -6.15. The molecule has 406 valence electrons. The molecule has 0 aromatic carbocycles. The summed E-state index contributed by atoms with van der Waals surface area (Å²) in [5, 5.41) is 132. The van der Waals surface area contributed by atoms with E-state index in [0.717, 1.165) is 6.92 Å². The van der Waals surface area contributed by atoms with E-state index in [1.165, 1.54) is 7.11 Å². The van der Waals surface area contributed by atoms with Crippen LogP contribution in [-0.4, -0.2) is 254 Å². The molecule has 0 radical (unpaired) electrons. The van der Waals surface area contributed by atoms with Crippen molar-refractivity contribution in [3.8, 4) is 0 Å². The fraction of sp³-hybridized carbons (Fsp3) is 0.900. The lowest BCUT2D eigenvalue weighted by Gasteiger charge is -2.51. The number of methoxy groups -OCH3 is 1. The van der Waals surface area contributed by atoms with Gasteiger partial charge in [0.05, 0.1) is 45.7 Å². The molecule has 20 atom stereocenters. The zero-order chi connectivity index (χ0) is 52.2. The summed E-state index contributed by atoms with van der Waals surface area (Å²) in [7, 11) is 1.26. The van der Waals surface area contributed by atoms with Crippen LogP contribution in [0.3, 0.4) is 0 Å². The zero-order valence-electron chi connectivity index (χ0n) is 38.0. The summed E-state index contributed by atoms with van der Waals surface area (Å²) in [4.78, 5) is 49.2. The summed E-state index contributed by atoms with van der Waals surface area (Å²) in [6.45, 7) is -3.45. The fourth-order valence-electron chi connectivity index (χ4n) is 8.27. The van der Waals surface area contributed by atoms with E-state index in [1.54, 1.807) is 5.32 Å². The standard InChI is InChI=1S/C40H65F3N2O25/c1-16(49)44-23-17(50)11-39(38(60)61,69-31(23)26(55)18(51)12-46)70-33-27(56)20(13-47)65-36(29(33)58)68-32-24(45-37(59)40(41,42)43)34(63-10-8-6-4-3-5-7-9-22(53)62-2)66-21(14-48)30(32)67-35-28(57)25(54)19(52)15-64-35/h17-21,23-36,46-48,50-52,54-58H,3-15H2,1-2H3,(H,44,49)(H,45,59)(H,60,61)/t17?,18?,19-,20?,21?,23-,24?,25?,26?,27-,28?,29?,30+,31?,32?,33?,34-,35?,36?,39+/m1/s1. The van der Waals surface area contributed by atoms with Crippen molar-refractivity contribution < 1.29 is 136 Å².